The van der Waals surface area contributed by atoms with Crippen molar-refractivity contribution in [2.45, 2.75) is 57.5 Å². The van der Waals surface area contributed by atoms with Crippen molar-refractivity contribution in [2.24, 2.45) is 0 Å². The van der Waals surface area contributed by atoms with Crippen LogP contribution in [-0.2, 0) is 27.3 Å². The van der Waals surface area contributed by atoms with Gasteiger partial charge >= 0.3 is 0 Å². The van der Waals surface area contributed by atoms with Crippen molar-refractivity contribution in [3.05, 3.63) is 70.8 Å². The number of nitrogens with zero attached hydrogens (tertiary/aromatic N) is 1. The van der Waals surface area contributed by atoms with E-state index in [1.165, 1.54) is 33.4 Å². The maximum Gasteiger partial charge on any atom is 0.266 e. The molecule has 2 aromatic carbocycles. The van der Waals surface area contributed by atoms with Gasteiger partial charge in [0.2, 0.25) is 0 Å². The van der Waals surface area contributed by atoms with Crippen LogP contribution in [0.25, 0.3) is 0 Å². The van der Waals surface area contributed by atoms with Crippen LogP contribution in [0.15, 0.2) is 48.5 Å². The molecular formula is C30H40FN3O4. The van der Waals surface area contributed by atoms with Crippen LogP contribution in [0.4, 0.5) is 4.39 Å². The van der Waals surface area contributed by atoms with E-state index in [2.05, 4.69) is 51.8 Å². The summed E-state index contributed by atoms with van der Waals surface area (Å²) in [5, 5.41) is 13.7. The number of ether oxygens (including phenoxy) is 1. The van der Waals surface area contributed by atoms with Crippen LogP contribution in [0.1, 0.15) is 49.4 Å². The summed E-state index contributed by atoms with van der Waals surface area (Å²) in [6, 6.07) is 16.4. The Balaban J connectivity index is 1.50. The number of carbonyl (C=O) groups is 1. The lowest BCUT2D eigenvalue weighted by Crippen LogP contribution is -2.70. The maximum absolute atomic E-state index is 14.1. The summed E-state index contributed by atoms with van der Waals surface area (Å²) in [6.45, 7) is 8.89. The summed E-state index contributed by atoms with van der Waals surface area (Å²) < 4.78 is 19.5. The van der Waals surface area contributed by atoms with E-state index in [1.807, 2.05) is 24.3 Å². The lowest BCUT2D eigenvalue weighted by atomic mass is 9.78. The first-order valence-corrected chi connectivity index (χ1v) is 13.1. The van der Waals surface area contributed by atoms with Crippen LogP contribution < -0.4 is 10.8 Å². The van der Waals surface area contributed by atoms with Crippen molar-refractivity contribution in [1.29, 1.82) is 0 Å². The highest BCUT2D eigenvalue weighted by atomic mass is 19.1. The van der Waals surface area contributed by atoms with Gasteiger partial charge in [-0.25, -0.2) is 9.87 Å². The van der Waals surface area contributed by atoms with Crippen LogP contribution in [0.5, 0.6) is 0 Å². The highest BCUT2D eigenvalue weighted by Crippen LogP contribution is 2.28. The summed E-state index contributed by atoms with van der Waals surface area (Å²) >= 11 is 0. The number of hydrogen-bond acceptors (Lipinski definition) is 6. The van der Waals surface area contributed by atoms with Gasteiger partial charge in [-0.2, -0.15) is 0 Å². The third-order valence-electron chi connectivity index (χ3n) is 7.33. The van der Waals surface area contributed by atoms with E-state index in [0.717, 1.165) is 56.0 Å². The van der Waals surface area contributed by atoms with Crippen LogP contribution in [0.3, 0.4) is 0 Å². The van der Waals surface area contributed by atoms with Gasteiger partial charge in [-0.15, -0.1) is 0 Å². The van der Waals surface area contributed by atoms with Gasteiger partial charge in [0.25, 0.3) is 5.91 Å². The molecule has 0 radical (unpaired) electrons. The summed E-state index contributed by atoms with van der Waals surface area (Å²) in [4.78, 5) is 19.6. The van der Waals surface area contributed by atoms with Crippen molar-refractivity contribution in [3.63, 3.8) is 0 Å². The molecule has 206 valence electrons. The number of benzene rings is 2. The van der Waals surface area contributed by atoms with Crippen molar-refractivity contribution in [2.75, 3.05) is 40.0 Å². The number of alkyl halides is 1. The van der Waals surface area contributed by atoms with Crippen molar-refractivity contribution >= 4 is 5.91 Å². The van der Waals surface area contributed by atoms with Gasteiger partial charge in [-0.1, -0.05) is 36.1 Å². The molecule has 0 aromatic heterocycles. The summed E-state index contributed by atoms with van der Waals surface area (Å²) in [7, 11) is 1.29. The molecule has 3 N–H and O–H groups in total. The Hall–Kier alpha value is -2.80. The molecule has 0 bridgehead atoms. The van der Waals surface area contributed by atoms with E-state index < -0.39 is 23.2 Å². The number of aryl methyl sites for hydroxylation is 1. The highest BCUT2D eigenvalue weighted by molar-refractivity contribution is 5.86. The Labute approximate surface area is 225 Å². The fourth-order valence-electron chi connectivity index (χ4n) is 4.32. The van der Waals surface area contributed by atoms with Crippen molar-refractivity contribution < 1.29 is 23.9 Å². The normalized spacial score (nSPS) is 17.9. The van der Waals surface area contributed by atoms with Crippen molar-refractivity contribution in [1.82, 2.24) is 15.7 Å². The molecule has 1 amide bonds. The third kappa shape index (κ3) is 7.85. The first-order chi connectivity index (χ1) is 18.2. The molecule has 3 atom stereocenters. The van der Waals surface area contributed by atoms with Crippen LogP contribution in [0.2, 0.25) is 0 Å². The number of hydrogen-bond donors (Lipinski definition) is 3. The predicted molar refractivity (Wildman–Crippen MR) is 146 cm³/mol. The molecule has 3 unspecified atom stereocenters. The maximum atomic E-state index is 14.1. The number of hydroxylamine groups is 1. The molecule has 38 heavy (non-hydrogen) atoms. The average Bonchev–Trinajstić information content (AvgIpc) is 2.91. The molecule has 0 spiro atoms. The number of nitrogens with one attached hydrogen (secondary N) is 2. The van der Waals surface area contributed by atoms with Crippen LogP contribution >= 0.6 is 0 Å². The van der Waals surface area contributed by atoms with Gasteiger partial charge in [0.15, 0.2) is 0 Å². The molecular weight excluding hydrogens is 485 g/mol. The second-order valence-electron chi connectivity index (χ2n) is 10.1. The number of halogens is 1. The quantitative estimate of drug-likeness (QED) is 0.238. The zero-order valence-corrected chi connectivity index (χ0v) is 22.9. The zero-order valence-electron chi connectivity index (χ0n) is 22.9. The molecule has 1 aliphatic rings. The van der Waals surface area contributed by atoms with E-state index in [-0.39, 0.29) is 0 Å². The van der Waals surface area contributed by atoms with Gasteiger partial charge in [-0.05, 0) is 75.5 Å². The Kier molecular flexibility index (Phi) is 10.8. The molecule has 3 rings (SSSR count). The average molecular weight is 526 g/mol. The standard InChI is InChI=1S/C30H40FN3O4/c1-23(31)30(3,36)29(2,28(35)33-37-4)32-17-5-6-24-7-9-25(10-8-24)11-12-26-13-15-27(16-14-26)22-34-18-20-38-21-19-34/h7-10,13-16,23,32,36H,5-6,17-22H2,1-4H3,(H,33,35). The first kappa shape index (κ1) is 29.8. The van der Waals surface area contributed by atoms with Gasteiger partial charge in [0, 0.05) is 30.8 Å². The second-order valence-corrected chi connectivity index (χ2v) is 10.1. The van der Waals surface area contributed by atoms with E-state index in [1.54, 1.807) is 0 Å². The third-order valence-corrected chi connectivity index (χ3v) is 7.33. The second kappa shape index (κ2) is 13.8. The smallest absolute Gasteiger partial charge is 0.266 e. The first-order valence-electron chi connectivity index (χ1n) is 13.1. The minimum atomic E-state index is -1.93. The SMILES string of the molecule is CONC(=O)C(C)(NCCCc1ccc(C#Cc2ccc(CN3CCOCC3)cc2)cc1)C(C)(O)C(C)F. The van der Waals surface area contributed by atoms with E-state index >= 15 is 0 Å². The molecule has 2 aromatic rings. The van der Waals surface area contributed by atoms with Crippen molar-refractivity contribution in [3.8, 4) is 11.8 Å². The molecule has 1 saturated heterocycles. The predicted octanol–water partition coefficient (Wildman–Crippen LogP) is 2.99. The molecule has 7 nitrogen and oxygen atoms in total. The van der Waals surface area contributed by atoms with Gasteiger partial charge < -0.3 is 15.2 Å². The topological polar surface area (TPSA) is 83.1 Å². The minimum absolute atomic E-state index is 0.402. The lowest BCUT2D eigenvalue weighted by Gasteiger charge is -2.42. The fourth-order valence-corrected chi connectivity index (χ4v) is 4.32. The molecule has 1 heterocycles. The summed E-state index contributed by atoms with van der Waals surface area (Å²) in [6.07, 6.45) is -0.195. The van der Waals surface area contributed by atoms with E-state index in [9.17, 15) is 14.3 Å². The zero-order chi connectivity index (χ0) is 27.6. The minimum Gasteiger partial charge on any atom is -0.385 e. The monoisotopic (exact) mass is 525 g/mol. The largest absolute Gasteiger partial charge is 0.385 e. The molecule has 8 heteroatoms. The van der Waals surface area contributed by atoms with Gasteiger partial charge in [0.1, 0.15) is 17.3 Å². The lowest BCUT2D eigenvalue weighted by molar-refractivity contribution is -0.155. The fraction of sp³-hybridized carbons (Fsp3) is 0.500. The van der Waals surface area contributed by atoms with Crippen LogP contribution in [0, 0.1) is 11.8 Å². The highest BCUT2D eigenvalue weighted by Gasteiger charge is 2.52. The number of morpholine rings is 1. The Morgan fingerprint density at radius 3 is 2.16 bits per heavy atom. The van der Waals surface area contributed by atoms with E-state index in [4.69, 9.17) is 9.57 Å². The summed E-state index contributed by atoms with van der Waals surface area (Å²) in [5.41, 5.74) is 3.01. The van der Waals surface area contributed by atoms with Crippen LogP contribution in [-0.4, -0.2) is 73.2 Å². The molecule has 0 aliphatic carbocycles. The molecule has 0 saturated carbocycles. The number of carbonyl (C=O) groups excluding carboxylic acids is 1. The van der Waals surface area contributed by atoms with E-state index in [0.29, 0.717) is 13.0 Å². The number of amides is 1. The van der Waals surface area contributed by atoms with Gasteiger partial charge in [-0.3, -0.25) is 14.5 Å². The molecule has 1 aliphatic heterocycles. The Morgan fingerprint density at radius 1 is 1.08 bits per heavy atom. The Bertz CT molecular complexity index is 1090. The number of aliphatic hydroxyl groups is 1. The summed E-state index contributed by atoms with van der Waals surface area (Å²) in [5.74, 6) is 5.81. The Morgan fingerprint density at radius 2 is 1.63 bits per heavy atom. The molecule has 1 fully saturated rings. The van der Waals surface area contributed by atoms with Gasteiger partial charge in [0.05, 0.1) is 20.3 Å². The number of rotatable bonds is 11.